The molecule has 1 fully saturated rings. The molecule has 1 amide bonds. The van der Waals surface area contributed by atoms with E-state index >= 15 is 0 Å². The van der Waals surface area contributed by atoms with E-state index in [0.29, 0.717) is 27.5 Å². The number of nitrogen functional groups attached to an aromatic ring is 1. The van der Waals surface area contributed by atoms with Crippen molar-refractivity contribution in [3.05, 3.63) is 52.5 Å². The number of carbonyl (C=O) groups excluding carboxylic acids is 1. The monoisotopic (exact) mass is 401 g/mol. The van der Waals surface area contributed by atoms with Crippen molar-refractivity contribution in [2.75, 3.05) is 5.73 Å². The first kappa shape index (κ1) is 19.6. The lowest BCUT2D eigenvalue weighted by atomic mass is 10.1. The largest absolute Gasteiger partial charge is 0.374 e. The van der Waals surface area contributed by atoms with Gasteiger partial charge in [-0.3, -0.25) is 10.2 Å². The number of benzene rings is 1. The number of nitrogens with zero attached hydrogens (tertiary/aromatic N) is 2. The van der Waals surface area contributed by atoms with E-state index in [1.54, 1.807) is 0 Å². The maximum atomic E-state index is 12.3. The van der Waals surface area contributed by atoms with Gasteiger partial charge in [-0.15, -0.1) is 10.2 Å². The molecular formula is C19H23N5OS2. The molecule has 1 aromatic heterocycles. The van der Waals surface area contributed by atoms with Gasteiger partial charge in [-0.1, -0.05) is 60.0 Å². The van der Waals surface area contributed by atoms with Crippen LogP contribution in [0.5, 0.6) is 0 Å². The first-order valence-electron chi connectivity index (χ1n) is 8.91. The fourth-order valence-electron chi connectivity index (χ4n) is 2.94. The van der Waals surface area contributed by atoms with Crippen molar-refractivity contribution >= 4 is 39.2 Å². The molecule has 8 heteroatoms. The molecule has 1 aliphatic carbocycles. The predicted octanol–water partition coefficient (Wildman–Crippen LogP) is 3.93. The third-order valence-electron chi connectivity index (χ3n) is 4.39. The molecule has 4 N–H and O–H groups in total. The molecule has 1 aliphatic rings. The van der Waals surface area contributed by atoms with Gasteiger partial charge in [0.25, 0.3) is 0 Å². The van der Waals surface area contributed by atoms with E-state index in [4.69, 9.17) is 11.1 Å². The van der Waals surface area contributed by atoms with Crippen LogP contribution in [0, 0.1) is 11.3 Å². The molecule has 0 radical (unpaired) electrons. The van der Waals surface area contributed by atoms with Gasteiger partial charge in [-0.05, 0) is 37.2 Å². The molecule has 3 rings (SSSR count). The van der Waals surface area contributed by atoms with E-state index in [2.05, 4.69) is 34.2 Å². The average Bonchev–Trinajstić information content (AvgIpc) is 3.35. The first-order chi connectivity index (χ1) is 13.0. The number of unbranched alkanes of at least 4 members (excludes halogenated alkanes) is 1. The summed E-state index contributed by atoms with van der Waals surface area (Å²) in [6, 6.07) is 10.1. The van der Waals surface area contributed by atoms with Crippen LogP contribution >= 0.6 is 23.1 Å². The molecular weight excluding hydrogens is 378 g/mol. The summed E-state index contributed by atoms with van der Waals surface area (Å²) in [7, 11) is 0. The molecule has 2 aromatic rings. The van der Waals surface area contributed by atoms with Gasteiger partial charge in [0.2, 0.25) is 11.0 Å². The Balaban J connectivity index is 1.32. The number of carbonyl (C=O) groups is 1. The maximum absolute atomic E-state index is 12.3. The third kappa shape index (κ3) is 5.90. The topological polar surface area (TPSA) is 105 Å². The number of aromatic nitrogens is 2. The highest BCUT2D eigenvalue weighted by molar-refractivity contribution is 8.17. The summed E-state index contributed by atoms with van der Waals surface area (Å²) in [5.41, 5.74) is 6.77. The normalized spacial score (nSPS) is 18.1. The molecule has 0 aliphatic heterocycles. The third-order valence-corrected chi connectivity index (χ3v) is 6.00. The fourth-order valence-corrected chi connectivity index (χ4v) is 4.28. The number of amides is 1. The highest BCUT2D eigenvalue weighted by atomic mass is 32.2. The van der Waals surface area contributed by atoms with Crippen LogP contribution in [-0.2, 0) is 11.2 Å². The molecule has 1 heterocycles. The summed E-state index contributed by atoms with van der Waals surface area (Å²) in [6.45, 7) is 3.88. The minimum atomic E-state index is 0.00279. The number of nitrogens with two attached hydrogens (primary N) is 1. The Kier molecular flexibility index (Phi) is 6.63. The lowest BCUT2D eigenvalue weighted by Crippen LogP contribution is -2.23. The Bertz CT molecular complexity index is 821. The van der Waals surface area contributed by atoms with E-state index < -0.39 is 0 Å². The molecule has 27 heavy (non-hydrogen) atoms. The average molecular weight is 402 g/mol. The summed E-state index contributed by atoms with van der Waals surface area (Å²) >= 11 is 2.64. The van der Waals surface area contributed by atoms with E-state index in [-0.39, 0.29) is 11.8 Å². The number of aryl methyl sites for hydroxylation is 1. The Morgan fingerprint density at radius 1 is 1.33 bits per heavy atom. The van der Waals surface area contributed by atoms with E-state index in [1.807, 2.05) is 18.2 Å². The number of hydrogen-bond acceptors (Lipinski definition) is 7. The molecule has 6 nitrogen and oxygen atoms in total. The van der Waals surface area contributed by atoms with Crippen LogP contribution in [0.4, 0.5) is 5.13 Å². The van der Waals surface area contributed by atoms with E-state index in [9.17, 15) is 4.79 Å². The van der Waals surface area contributed by atoms with Crippen molar-refractivity contribution in [2.45, 2.75) is 38.0 Å². The van der Waals surface area contributed by atoms with Gasteiger partial charge in [0.05, 0.1) is 10.1 Å². The van der Waals surface area contributed by atoms with Crippen LogP contribution in [0.15, 0.2) is 41.9 Å². The zero-order valence-electron chi connectivity index (χ0n) is 15.0. The quantitative estimate of drug-likeness (QED) is 0.335. The van der Waals surface area contributed by atoms with Gasteiger partial charge < -0.3 is 11.1 Å². The van der Waals surface area contributed by atoms with Crippen molar-refractivity contribution in [1.29, 1.82) is 5.41 Å². The molecule has 142 valence electrons. The van der Waals surface area contributed by atoms with Gasteiger partial charge in [0, 0.05) is 12.3 Å². The number of nitrogens with one attached hydrogen (secondary N) is 2. The first-order valence-corrected chi connectivity index (χ1v) is 10.5. The summed E-state index contributed by atoms with van der Waals surface area (Å²) in [4.78, 5) is 12.3. The number of rotatable bonds is 9. The maximum Gasteiger partial charge on any atom is 0.228 e. The second-order valence-electron chi connectivity index (χ2n) is 6.54. The van der Waals surface area contributed by atoms with Crippen LogP contribution in [0.25, 0.3) is 0 Å². The standard InChI is InChI=1S/C19H23N5OS2/c1-12(22-18(25)15-11-14(15)13-7-3-2-4-8-13)26-16(20)9-5-6-10-17-23-24-19(21)27-17/h2-4,7-8,14-15,20H,1,5-6,9-11H2,(H2,21,24)(H,22,25)/t14?,15-/m0/s1. The molecule has 0 saturated heterocycles. The van der Waals surface area contributed by atoms with Crippen LogP contribution in [0.1, 0.15) is 42.2 Å². The molecule has 1 aromatic carbocycles. The van der Waals surface area contributed by atoms with Gasteiger partial charge in [0.1, 0.15) is 5.01 Å². The molecule has 1 unspecified atom stereocenters. The van der Waals surface area contributed by atoms with Gasteiger partial charge in [-0.2, -0.15) is 0 Å². The van der Waals surface area contributed by atoms with Gasteiger partial charge in [-0.25, -0.2) is 0 Å². The minimum Gasteiger partial charge on any atom is -0.374 e. The van der Waals surface area contributed by atoms with Crippen molar-refractivity contribution < 1.29 is 4.79 Å². The van der Waals surface area contributed by atoms with Crippen molar-refractivity contribution in [3.63, 3.8) is 0 Å². The predicted molar refractivity (Wildman–Crippen MR) is 112 cm³/mol. The minimum absolute atomic E-state index is 0.00279. The highest BCUT2D eigenvalue weighted by Gasteiger charge is 2.43. The molecule has 2 atom stereocenters. The summed E-state index contributed by atoms with van der Waals surface area (Å²) < 4.78 is 0. The molecule has 0 bridgehead atoms. The van der Waals surface area contributed by atoms with E-state index in [0.717, 1.165) is 30.7 Å². The zero-order chi connectivity index (χ0) is 19.2. The van der Waals surface area contributed by atoms with Crippen molar-refractivity contribution in [2.24, 2.45) is 5.92 Å². The second kappa shape index (κ2) is 9.14. The summed E-state index contributed by atoms with van der Waals surface area (Å²) in [5, 5.41) is 21.1. The molecule has 1 saturated carbocycles. The fraction of sp³-hybridized carbons (Fsp3) is 0.368. The van der Waals surface area contributed by atoms with Gasteiger partial charge in [0.15, 0.2) is 0 Å². The summed E-state index contributed by atoms with van der Waals surface area (Å²) in [5.74, 6) is 0.319. The SMILES string of the molecule is C=C(NC(=O)[C@H]1CC1c1ccccc1)SC(=N)CCCCc1nnc(N)s1. The Morgan fingerprint density at radius 3 is 2.81 bits per heavy atom. The molecule has 0 spiro atoms. The Labute approximate surface area is 167 Å². The smallest absolute Gasteiger partial charge is 0.228 e. The highest BCUT2D eigenvalue weighted by Crippen LogP contribution is 2.47. The second-order valence-corrected chi connectivity index (χ2v) is 8.82. The Hall–Kier alpha value is -2.19. The summed E-state index contributed by atoms with van der Waals surface area (Å²) in [6.07, 6.45) is 4.17. The lowest BCUT2D eigenvalue weighted by molar-refractivity contribution is -0.121. The van der Waals surface area contributed by atoms with Crippen LogP contribution in [0.2, 0.25) is 0 Å². The number of anilines is 1. The van der Waals surface area contributed by atoms with E-state index in [1.165, 1.54) is 28.7 Å². The number of thioether (sulfide) groups is 1. The van der Waals surface area contributed by atoms with Crippen molar-refractivity contribution in [1.82, 2.24) is 15.5 Å². The van der Waals surface area contributed by atoms with Gasteiger partial charge >= 0.3 is 0 Å². The van der Waals surface area contributed by atoms with Crippen molar-refractivity contribution in [3.8, 4) is 0 Å². The van der Waals surface area contributed by atoms with Crippen LogP contribution in [0.3, 0.4) is 0 Å². The zero-order valence-corrected chi connectivity index (χ0v) is 16.6. The van der Waals surface area contributed by atoms with Crippen LogP contribution < -0.4 is 11.1 Å². The Morgan fingerprint density at radius 2 is 2.11 bits per heavy atom. The lowest BCUT2D eigenvalue weighted by Gasteiger charge is -2.09. The van der Waals surface area contributed by atoms with Crippen LogP contribution in [-0.4, -0.2) is 21.1 Å². The number of hydrogen-bond donors (Lipinski definition) is 3.